The summed E-state index contributed by atoms with van der Waals surface area (Å²) in [5.41, 5.74) is 1.12. The van der Waals surface area contributed by atoms with E-state index in [1.165, 1.54) is 30.7 Å². The van der Waals surface area contributed by atoms with Crippen molar-refractivity contribution in [2.45, 2.75) is 38.1 Å². The summed E-state index contributed by atoms with van der Waals surface area (Å²) >= 11 is 0. The first-order valence-corrected chi connectivity index (χ1v) is 11.5. The quantitative estimate of drug-likeness (QED) is 0.693. The van der Waals surface area contributed by atoms with Crippen LogP contribution in [0.25, 0.3) is 0 Å². The average molecular weight is 451 g/mol. The van der Waals surface area contributed by atoms with Crippen LogP contribution in [0.4, 0.5) is 0 Å². The minimum absolute atomic E-state index is 0.129. The van der Waals surface area contributed by atoms with Crippen LogP contribution in [0.1, 0.15) is 36.8 Å². The Morgan fingerprint density at radius 3 is 2.16 bits per heavy atom. The molecule has 0 bridgehead atoms. The second-order valence-electron chi connectivity index (χ2n) is 8.44. The predicted octanol–water partition coefficient (Wildman–Crippen LogP) is 2.11. The van der Waals surface area contributed by atoms with Gasteiger partial charge in [0.2, 0.25) is 10.0 Å². The van der Waals surface area contributed by atoms with Gasteiger partial charge in [0.15, 0.2) is 11.5 Å². The number of amides is 1. The van der Waals surface area contributed by atoms with Crippen molar-refractivity contribution in [2.75, 3.05) is 40.4 Å². The van der Waals surface area contributed by atoms with Crippen molar-refractivity contribution in [3.8, 4) is 11.5 Å². The molecule has 1 fully saturated rings. The maximum atomic E-state index is 13.1. The predicted molar refractivity (Wildman–Crippen MR) is 116 cm³/mol. The van der Waals surface area contributed by atoms with Gasteiger partial charge in [-0.05, 0) is 39.8 Å². The summed E-state index contributed by atoms with van der Waals surface area (Å²) in [5, 5.41) is 4.37. The number of methoxy groups -OCH3 is 2. The number of carbonyl (C=O) groups excluding carboxylic acids is 1. The van der Waals surface area contributed by atoms with E-state index in [9.17, 15) is 13.2 Å². The van der Waals surface area contributed by atoms with E-state index in [0.717, 1.165) is 5.69 Å². The highest BCUT2D eigenvalue weighted by Gasteiger charge is 2.32. The summed E-state index contributed by atoms with van der Waals surface area (Å²) < 4.78 is 39.8. The molecule has 170 valence electrons. The van der Waals surface area contributed by atoms with Crippen LogP contribution >= 0.6 is 0 Å². The highest BCUT2D eigenvalue weighted by atomic mass is 32.2. The molecule has 0 radical (unpaired) electrons. The fraction of sp³-hybridized carbons (Fsp3) is 0.524. The van der Waals surface area contributed by atoms with Gasteiger partial charge in [-0.3, -0.25) is 9.48 Å². The highest BCUT2D eigenvalue weighted by molar-refractivity contribution is 7.89. The minimum Gasteiger partial charge on any atom is -0.493 e. The lowest BCUT2D eigenvalue weighted by molar-refractivity contribution is 0.0697. The molecule has 1 aromatic heterocycles. The zero-order chi connectivity index (χ0) is 23.0. The third kappa shape index (κ3) is 4.40. The van der Waals surface area contributed by atoms with E-state index in [-0.39, 0.29) is 29.4 Å². The smallest absolute Gasteiger partial charge is 0.257 e. The maximum Gasteiger partial charge on any atom is 0.257 e. The molecule has 0 aliphatic carbocycles. The fourth-order valence-electron chi connectivity index (χ4n) is 3.72. The molecule has 2 heterocycles. The Labute approximate surface area is 183 Å². The van der Waals surface area contributed by atoms with Crippen LogP contribution in [0, 0.1) is 6.92 Å². The second kappa shape index (κ2) is 8.51. The van der Waals surface area contributed by atoms with E-state index >= 15 is 0 Å². The van der Waals surface area contributed by atoms with Crippen molar-refractivity contribution in [1.82, 2.24) is 19.0 Å². The number of benzene rings is 1. The Balaban J connectivity index is 1.73. The average Bonchev–Trinajstić information content (AvgIpc) is 3.14. The van der Waals surface area contributed by atoms with E-state index in [4.69, 9.17) is 9.47 Å². The third-order valence-electron chi connectivity index (χ3n) is 5.39. The van der Waals surface area contributed by atoms with Crippen molar-refractivity contribution >= 4 is 15.9 Å². The number of hydrogen-bond acceptors (Lipinski definition) is 6. The molecule has 0 spiro atoms. The van der Waals surface area contributed by atoms with Crippen LogP contribution in [0.3, 0.4) is 0 Å². The zero-order valence-electron chi connectivity index (χ0n) is 18.9. The van der Waals surface area contributed by atoms with Gasteiger partial charge >= 0.3 is 0 Å². The fourth-order valence-corrected chi connectivity index (χ4v) is 5.16. The molecule has 9 nitrogen and oxygen atoms in total. The van der Waals surface area contributed by atoms with Crippen molar-refractivity contribution in [1.29, 1.82) is 0 Å². The molecule has 10 heteroatoms. The van der Waals surface area contributed by atoms with Crippen LogP contribution in [0.2, 0.25) is 0 Å². The van der Waals surface area contributed by atoms with Crippen molar-refractivity contribution in [3.05, 3.63) is 35.7 Å². The second-order valence-corrected chi connectivity index (χ2v) is 10.4. The standard InChI is InChI=1S/C21H30N4O5S/c1-15-17(14-22-25(15)21(2,3)4)20(26)23-9-11-24(12-10-23)31(27,28)16-7-8-18(29-5)19(13-16)30-6/h7-8,13-14H,9-12H2,1-6H3. The van der Waals surface area contributed by atoms with Gasteiger partial charge in [0, 0.05) is 37.9 Å². The molecule has 0 saturated carbocycles. The summed E-state index contributed by atoms with van der Waals surface area (Å²) in [6.45, 7) is 9.02. The molecule has 3 rings (SSSR count). The normalized spacial score (nSPS) is 15.7. The largest absolute Gasteiger partial charge is 0.493 e. The first-order chi connectivity index (χ1) is 14.5. The van der Waals surface area contributed by atoms with Gasteiger partial charge in [-0.15, -0.1) is 0 Å². The number of rotatable bonds is 5. The number of ether oxygens (including phenoxy) is 2. The third-order valence-corrected chi connectivity index (χ3v) is 7.29. The van der Waals surface area contributed by atoms with Gasteiger partial charge in [-0.2, -0.15) is 9.40 Å². The number of aromatic nitrogens is 2. The maximum absolute atomic E-state index is 13.1. The number of piperazine rings is 1. The lowest BCUT2D eigenvalue weighted by Gasteiger charge is -2.34. The SMILES string of the molecule is COc1ccc(S(=O)(=O)N2CCN(C(=O)c3cnn(C(C)(C)C)c3C)CC2)cc1OC. The molecule has 31 heavy (non-hydrogen) atoms. The van der Waals surface area contributed by atoms with Crippen molar-refractivity contribution in [3.63, 3.8) is 0 Å². The van der Waals surface area contributed by atoms with Crippen LogP contribution in [-0.4, -0.2) is 73.7 Å². The molecule has 0 unspecified atom stereocenters. The first kappa shape index (κ1) is 23.1. The van der Waals surface area contributed by atoms with E-state index < -0.39 is 10.0 Å². The van der Waals surface area contributed by atoms with Crippen LogP contribution in [0.5, 0.6) is 11.5 Å². The van der Waals surface area contributed by atoms with Crippen LogP contribution in [-0.2, 0) is 15.6 Å². The van der Waals surface area contributed by atoms with Crippen molar-refractivity contribution < 1.29 is 22.7 Å². The number of carbonyl (C=O) groups is 1. The van der Waals surface area contributed by atoms with Gasteiger partial charge in [-0.1, -0.05) is 0 Å². The first-order valence-electron chi connectivity index (χ1n) is 10.1. The van der Waals surface area contributed by atoms with Gasteiger partial charge in [-0.25, -0.2) is 8.42 Å². The van der Waals surface area contributed by atoms with E-state index in [1.54, 1.807) is 17.2 Å². The molecule has 1 aliphatic rings. The Hall–Kier alpha value is -2.59. The molecule has 1 aliphatic heterocycles. The Morgan fingerprint density at radius 1 is 1.03 bits per heavy atom. The van der Waals surface area contributed by atoms with E-state index in [0.29, 0.717) is 30.2 Å². The molecule has 1 aromatic carbocycles. The zero-order valence-corrected chi connectivity index (χ0v) is 19.7. The summed E-state index contributed by atoms with van der Waals surface area (Å²) in [6, 6.07) is 4.52. The van der Waals surface area contributed by atoms with Crippen LogP contribution < -0.4 is 9.47 Å². The monoisotopic (exact) mass is 450 g/mol. The minimum atomic E-state index is -3.71. The van der Waals surface area contributed by atoms with Gasteiger partial charge < -0.3 is 14.4 Å². The molecule has 0 atom stereocenters. The number of nitrogens with zero attached hydrogens (tertiary/aromatic N) is 4. The number of sulfonamides is 1. The van der Waals surface area contributed by atoms with E-state index in [2.05, 4.69) is 5.10 Å². The topological polar surface area (TPSA) is 94.0 Å². The molecular weight excluding hydrogens is 420 g/mol. The molecular formula is C21H30N4O5S. The van der Waals surface area contributed by atoms with Gasteiger partial charge in [0.05, 0.1) is 36.4 Å². The highest BCUT2D eigenvalue weighted by Crippen LogP contribution is 2.31. The molecule has 1 saturated heterocycles. The lowest BCUT2D eigenvalue weighted by atomic mass is 10.1. The molecule has 1 amide bonds. The molecule has 2 aromatic rings. The molecule has 0 N–H and O–H groups in total. The Bertz CT molecular complexity index is 1060. The Morgan fingerprint density at radius 2 is 1.65 bits per heavy atom. The summed E-state index contributed by atoms with van der Waals surface area (Å²) in [7, 11) is -0.757. The van der Waals surface area contributed by atoms with Crippen molar-refractivity contribution in [2.24, 2.45) is 0 Å². The summed E-state index contributed by atoms with van der Waals surface area (Å²) in [4.78, 5) is 14.8. The summed E-state index contributed by atoms with van der Waals surface area (Å²) in [5.74, 6) is 0.683. The van der Waals surface area contributed by atoms with Gasteiger partial charge in [0.25, 0.3) is 5.91 Å². The van der Waals surface area contributed by atoms with E-state index in [1.807, 2.05) is 32.4 Å². The van der Waals surface area contributed by atoms with Gasteiger partial charge in [0.1, 0.15) is 0 Å². The Kier molecular flexibility index (Phi) is 6.33. The lowest BCUT2D eigenvalue weighted by Crippen LogP contribution is -2.50. The summed E-state index contributed by atoms with van der Waals surface area (Å²) in [6.07, 6.45) is 1.59. The number of hydrogen-bond donors (Lipinski definition) is 0. The van der Waals surface area contributed by atoms with Crippen LogP contribution in [0.15, 0.2) is 29.3 Å².